The van der Waals surface area contributed by atoms with Gasteiger partial charge in [-0.2, -0.15) is 4.98 Å². The normalized spacial score (nSPS) is 12.0. The third-order valence-corrected chi connectivity index (χ3v) is 4.32. The Labute approximate surface area is 179 Å². The summed E-state index contributed by atoms with van der Waals surface area (Å²) in [5, 5.41) is 20.1. The van der Waals surface area contributed by atoms with Gasteiger partial charge in [0.1, 0.15) is 6.04 Å². The van der Waals surface area contributed by atoms with Crippen LogP contribution < -0.4 is 16.6 Å². The molecule has 0 bridgehead atoms. The number of aromatic nitrogens is 4. The van der Waals surface area contributed by atoms with Crippen LogP contribution in [0.2, 0.25) is 0 Å². The first-order valence-corrected chi connectivity index (χ1v) is 9.29. The minimum atomic E-state index is -1.31. The minimum Gasteiger partial charge on any atom is -0.481 e. The number of aliphatic carboxylic acids is 2. The molecule has 6 N–H and O–H groups in total. The fraction of sp³-hybridized carbons (Fsp3) is 0.150. The van der Waals surface area contributed by atoms with E-state index < -0.39 is 29.4 Å². The second-order valence-electron chi connectivity index (χ2n) is 6.67. The second kappa shape index (κ2) is 9.47. The number of carbonyl (C=O) groups is 3. The molecule has 1 aromatic carbocycles. The number of nitrogens with one attached hydrogen (secondary N) is 2. The van der Waals surface area contributed by atoms with Crippen LogP contribution >= 0.6 is 0 Å². The van der Waals surface area contributed by atoms with E-state index in [4.69, 9.17) is 15.9 Å². The fourth-order valence-corrected chi connectivity index (χ4v) is 2.72. The van der Waals surface area contributed by atoms with E-state index in [2.05, 4.69) is 25.3 Å². The first-order chi connectivity index (χ1) is 15.2. The number of benzene rings is 1. The van der Waals surface area contributed by atoms with E-state index in [1.165, 1.54) is 18.3 Å². The Balaban J connectivity index is 1.70. The van der Waals surface area contributed by atoms with Gasteiger partial charge in [0.15, 0.2) is 11.2 Å². The van der Waals surface area contributed by atoms with Gasteiger partial charge in [-0.05, 0) is 30.2 Å². The summed E-state index contributed by atoms with van der Waals surface area (Å²) in [6.45, 7) is 0. The summed E-state index contributed by atoms with van der Waals surface area (Å²) in [7, 11) is 0. The van der Waals surface area contributed by atoms with E-state index in [0.29, 0.717) is 11.3 Å². The Hall–Kier alpha value is -4.61. The molecule has 0 aliphatic rings. The molecule has 0 saturated heterocycles. The zero-order valence-corrected chi connectivity index (χ0v) is 16.5. The molecule has 1 amide bonds. The zero-order chi connectivity index (χ0) is 23.3. The van der Waals surface area contributed by atoms with Gasteiger partial charge in [-0.1, -0.05) is 18.2 Å². The first-order valence-electron chi connectivity index (χ1n) is 9.29. The van der Waals surface area contributed by atoms with Crippen molar-refractivity contribution in [2.75, 3.05) is 5.73 Å². The van der Waals surface area contributed by atoms with Gasteiger partial charge in [0.05, 0.1) is 11.9 Å². The predicted molar refractivity (Wildman–Crippen MR) is 113 cm³/mol. The molecule has 12 heteroatoms. The molecule has 3 rings (SSSR count). The van der Waals surface area contributed by atoms with E-state index in [1.807, 2.05) is 0 Å². The molecule has 164 valence electrons. The number of carboxylic acids is 2. The molecular formula is C20H18N6O6. The van der Waals surface area contributed by atoms with E-state index in [1.54, 1.807) is 24.3 Å². The molecular weight excluding hydrogens is 420 g/mol. The number of nitrogen functional groups attached to an aromatic ring is 1. The number of carboxylic acid groups (broad SMARTS) is 2. The molecule has 0 saturated carbocycles. The molecule has 0 aliphatic heterocycles. The number of nitrogens with zero attached hydrogens (tertiary/aromatic N) is 3. The molecule has 0 radical (unpaired) electrons. The van der Waals surface area contributed by atoms with Gasteiger partial charge in [0.2, 0.25) is 5.95 Å². The smallest absolute Gasteiger partial charge is 0.326 e. The van der Waals surface area contributed by atoms with Gasteiger partial charge in [-0.15, -0.1) is 0 Å². The number of carbonyl (C=O) groups excluding carboxylic acids is 1. The van der Waals surface area contributed by atoms with Crippen LogP contribution in [0, 0.1) is 0 Å². The molecule has 0 spiro atoms. The number of hydrogen-bond acceptors (Lipinski definition) is 8. The van der Waals surface area contributed by atoms with Crippen molar-refractivity contribution in [3.05, 3.63) is 57.6 Å². The number of aromatic amines is 1. The average Bonchev–Trinajstić information content (AvgIpc) is 2.75. The molecule has 3 aromatic rings. The average molecular weight is 438 g/mol. The van der Waals surface area contributed by atoms with Crippen LogP contribution in [0.4, 0.5) is 5.95 Å². The monoisotopic (exact) mass is 438 g/mol. The third kappa shape index (κ3) is 5.50. The van der Waals surface area contributed by atoms with Crippen molar-refractivity contribution in [3.63, 3.8) is 0 Å². The SMILES string of the molecule is Nc1nc2ncc(C=Cc3ccc(C(=O)NC(CCC(=O)O)C(=O)O)cc3)nc2c(=O)[nH]1. The maximum atomic E-state index is 12.3. The lowest BCUT2D eigenvalue weighted by atomic mass is 10.1. The maximum absolute atomic E-state index is 12.3. The third-order valence-electron chi connectivity index (χ3n) is 4.32. The van der Waals surface area contributed by atoms with Crippen LogP contribution in [0.3, 0.4) is 0 Å². The summed E-state index contributed by atoms with van der Waals surface area (Å²) in [6, 6.07) is 4.94. The number of amides is 1. The maximum Gasteiger partial charge on any atom is 0.326 e. The summed E-state index contributed by atoms with van der Waals surface area (Å²) >= 11 is 0. The van der Waals surface area contributed by atoms with Crippen LogP contribution in [-0.2, 0) is 9.59 Å². The van der Waals surface area contributed by atoms with Crippen LogP contribution in [0.1, 0.15) is 34.5 Å². The van der Waals surface area contributed by atoms with E-state index in [0.717, 1.165) is 0 Å². The topological polar surface area (TPSA) is 201 Å². The molecule has 32 heavy (non-hydrogen) atoms. The fourth-order valence-electron chi connectivity index (χ4n) is 2.72. The van der Waals surface area contributed by atoms with Gasteiger partial charge in [-0.25, -0.2) is 14.8 Å². The number of anilines is 1. The summed E-state index contributed by atoms with van der Waals surface area (Å²) in [6.07, 6.45) is 4.12. The quantitative estimate of drug-likeness (QED) is 0.330. The molecule has 2 heterocycles. The van der Waals surface area contributed by atoms with Crippen molar-refractivity contribution in [2.45, 2.75) is 18.9 Å². The van der Waals surface area contributed by atoms with Gasteiger partial charge < -0.3 is 21.3 Å². The Morgan fingerprint density at radius 2 is 1.84 bits per heavy atom. The van der Waals surface area contributed by atoms with Crippen molar-refractivity contribution in [3.8, 4) is 0 Å². The number of nitrogens with two attached hydrogens (primary N) is 1. The lowest BCUT2D eigenvalue weighted by molar-refractivity contribution is -0.140. The molecule has 0 aliphatic carbocycles. The Morgan fingerprint density at radius 3 is 2.50 bits per heavy atom. The molecule has 1 atom stereocenters. The molecule has 2 aromatic heterocycles. The highest BCUT2D eigenvalue weighted by atomic mass is 16.4. The number of rotatable bonds is 8. The number of fused-ring (bicyclic) bond motifs is 1. The lowest BCUT2D eigenvalue weighted by Gasteiger charge is -2.13. The van der Waals surface area contributed by atoms with Gasteiger partial charge in [0.25, 0.3) is 11.5 Å². The van der Waals surface area contributed by atoms with Crippen molar-refractivity contribution in [1.29, 1.82) is 0 Å². The number of hydrogen-bond donors (Lipinski definition) is 5. The van der Waals surface area contributed by atoms with Gasteiger partial charge in [-0.3, -0.25) is 19.4 Å². The van der Waals surface area contributed by atoms with Crippen LogP contribution in [0.15, 0.2) is 35.3 Å². The molecule has 1 unspecified atom stereocenters. The Kier molecular flexibility index (Phi) is 6.53. The number of H-pyrrole nitrogens is 1. The summed E-state index contributed by atoms with van der Waals surface area (Å²) in [4.78, 5) is 60.5. The standard InChI is InChI=1S/C20H18N6O6/c21-20-25-16-15(18(30)26-20)23-12(9-22-16)6-3-10-1-4-11(5-2-10)17(29)24-13(19(31)32)7-8-14(27)28/h1-6,9,13H,7-8H2,(H,24,29)(H,27,28)(H,31,32)(H3,21,22,25,26,30). The van der Waals surface area contributed by atoms with E-state index >= 15 is 0 Å². The molecule has 0 fully saturated rings. The first kappa shape index (κ1) is 22.1. The van der Waals surface area contributed by atoms with E-state index in [9.17, 15) is 19.2 Å². The summed E-state index contributed by atoms with van der Waals surface area (Å²) in [5.41, 5.74) is 6.45. The van der Waals surface area contributed by atoms with Crippen molar-refractivity contribution < 1.29 is 24.6 Å². The van der Waals surface area contributed by atoms with Crippen LogP contribution in [0.5, 0.6) is 0 Å². The Bertz CT molecular complexity index is 1270. The molecule has 12 nitrogen and oxygen atoms in total. The van der Waals surface area contributed by atoms with Gasteiger partial charge >= 0.3 is 11.9 Å². The minimum absolute atomic E-state index is 0.0456. The van der Waals surface area contributed by atoms with Crippen LogP contribution in [-0.4, -0.2) is 54.0 Å². The van der Waals surface area contributed by atoms with Crippen LogP contribution in [0.25, 0.3) is 23.3 Å². The highest BCUT2D eigenvalue weighted by molar-refractivity contribution is 5.96. The second-order valence-corrected chi connectivity index (χ2v) is 6.67. The summed E-state index contributed by atoms with van der Waals surface area (Å²) < 4.78 is 0. The predicted octanol–water partition coefficient (Wildman–Crippen LogP) is 0.513. The van der Waals surface area contributed by atoms with Crippen molar-refractivity contribution in [2.24, 2.45) is 0 Å². The largest absolute Gasteiger partial charge is 0.481 e. The lowest BCUT2D eigenvalue weighted by Crippen LogP contribution is -2.41. The zero-order valence-electron chi connectivity index (χ0n) is 16.5. The highest BCUT2D eigenvalue weighted by Crippen LogP contribution is 2.11. The summed E-state index contributed by atoms with van der Waals surface area (Å²) in [5.74, 6) is -3.15. The highest BCUT2D eigenvalue weighted by Gasteiger charge is 2.21. The van der Waals surface area contributed by atoms with E-state index in [-0.39, 0.29) is 35.5 Å². The van der Waals surface area contributed by atoms with Crippen molar-refractivity contribution in [1.82, 2.24) is 25.3 Å². The van der Waals surface area contributed by atoms with Gasteiger partial charge in [0, 0.05) is 12.0 Å². The Morgan fingerprint density at radius 1 is 1.12 bits per heavy atom. The van der Waals surface area contributed by atoms with Crippen molar-refractivity contribution >= 4 is 47.1 Å².